The highest BCUT2D eigenvalue weighted by molar-refractivity contribution is 5.95. The summed E-state index contributed by atoms with van der Waals surface area (Å²) in [5.41, 5.74) is 7.58. The molecule has 122 valence electrons. The smallest absolute Gasteiger partial charge is 0.122 e. The minimum Gasteiger partial charge on any atom is -0.384 e. The zero-order valence-electron chi connectivity index (χ0n) is 12.2. The summed E-state index contributed by atoms with van der Waals surface area (Å²) in [6.45, 7) is 8.88. The van der Waals surface area contributed by atoms with Gasteiger partial charge in [-0.2, -0.15) is 0 Å². The Hall–Kier alpha value is -0.520. The van der Waals surface area contributed by atoms with Crippen LogP contribution in [0.4, 0.5) is 0 Å². The monoisotopic (exact) mass is 354 g/mol. The number of likely N-dealkylation sites (N-methyl/N-ethyl adjacent to an activating group) is 1. The minimum absolute atomic E-state index is 0. The van der Waals surface area contributed by atoms with Crippen LogP contribution in [-0.4, -0.2) is 48.4 Å². The molecule has 2 rings (SSSR count). The molecule has 0 saturated carbocycles. The van der Waals surface area contributed by atoms with E-state index in [2.05, 4.69) is 22.8 Å². The lowest BCUT2D eigenvalue weighted by atomic mass is 10.1. The van der Waals surface area contributed by atoms with Gasteiger partial charge < -0.3 is 10.6 Å². The van der Waals surface area contributed by atoms with Crippen molar-refractivity contribution in [2.24, 2.45) is 5.73 Å². The Morgan fingerprint density at radius 3 is 2.19 bits per heavy atom. The summed E-state index contributed by atoms with van der Waals surface area (Å²) in [5.74, 6) is 0.146. The molecule has 0 aromatic heterocycles. The van der Waals surface area contributed by atoms with Crippen LogP contribution >= 0.6 is 37.2 Å². The highest BCUT2D eigenvalue weighted by Gasteiger charge is 2.15. The number of nitrogens with zero attached hydrogens (tertiary/aromatic N) is 2. The number of nitrogens with two attached hydrogens (primary N) is 1. The second-order valence-electron chi connectivity index (χ2n) is 4.82. The SMILES string of the molecule is CCN1CCN(Cc2cccc(C(=N)N)c2)CC1.Cl.Cl.Cl. The zero-order chi connectivity index (χ0) is 13.0. The average molecular weight is 356 g/mol. The van der Waals surface area contributed by atoms with E-state index in [-0.39, 0.29) is 43.1 Å². The molecule has 0 unspecified atom stereocenters. The first kappa shape index (κ1) is 22.8. The largest absolute Gasteiger partial charge is 0.384 e. The van der Waals surface area contributed by atoms with Crippen molar-refractivity contribution < 1.29 is 0 Å². The minimum atomic E-state index is 0. The van der Waals surface area contributed by atoms with Crippen molar-refractivity contribution in [3.05, 3.63) is 35.4 Å². The molecule has 0 radical (unpaired) electrons. The molecule has 1 aliphatic rings. The fraction of sp³-hybridized carbons (Fsp3) is 0.500. The van der Waals surface area contributed by atoms with Crippen LogP contribution in [0.3, 0.4) is 0 Å². The molecule has 0 amide bonds. The van der Waals surface area contributed by atoms with Crippen LogP contribution < -0.4 is 5.73 Å². The third kappa shape index (κ3) is 6.85. The Balaban J connectivity index is 0. The van der Waals surface area contributed by atoms with Gasteiger partial charge in [0.05, 0.1) is 0 Å². The lowest BCUT2D eigenvalue weighted by molar-refractivity contribution is 0.132. The van der Waals surface area contributed by atoms with E-state index in [9.17, 15) is 0 Å². The number of nitrogen functional groups attached to an aromatic ring is 1. The molecule has 0 bridgehead atoms. The first-order valence-electron chi connectivity index (χ1n) is 6.57. The van der Waals surface area contributed by atoms with Gasteiger partial charge in [0.15, 0.2) is 0 Å². The van der Waals surface area contributed by atoms with Gasteiger partial charge in [-0.25, -0.2) is 0 Å². The second kappa shape index (κ2) is 11.1. The van der Waals surface area contributed by atoms with Gasteiger partial charge in [-0.3, -0.25) is 10.3 Å². The van der Waals surface area contributed by atoms with E-state index < -0.39 is 0 Å². The maximum absolute atomic E-state index is 7.46. The molecule has 7 heteroatoms. The van der Waals surface area contributed by atoms with Crippen LogP contribution in [0.2, 0.25) is 0 Å². The molecule has 4 nitrogen and oxygen atoms in total. The molecule has 1 aromatic rings. The molecule has 3 N–H and O–H groups in total. The topological polar surface area (TPSA) is 56.4 Å². The van der Waals surface area contributed by atoms with Crippen molar-refractivity contribution >= 4 is 43.1 Å². The number of hydrogen-bond acceptors (Lipinski definition) is 3. The van der Waals surface area contributed by atoms with Crippen molar-refractivity contribution in [3.63, 3.8) is 0 Å². The van der Waals surface area contributed by atoms with Gasteiger partial charge >= 0.3 is 0 Å². The van der Waals surface area contributed by atoms with E-state index in [1.54, 1.807) is 0 Å². The van der Waals surface area contributed by atoms with Crippen LogP contribution in [0.1, 0.15) is 18.1 Å². The number of halogens is 3. The van der Waals surface area contributed by atoms with Crippen LogP contribution in [0.15, 0.2) is 24.3 Å². The zero-order valence-corrected chi connectivity index (χ0v) is 14.7. The third-order valence-corrected chi connectivity index (χ3v) is 3.56. The summed E-state index contributed by atoms with van der Waals surface area (Å²) in [5, 5.41) is 7.46. The molecule has 1 heterocycles. The molecule has 21 heavy (non-hydrogen) atoms. The van der Waals surface area contributed by atoms with Crippen LogP contribution in [0.25, 0.3) is 0 Å². The lowest BCUT2D eigenvalue weighted by Crippen LogP contribution is -2.45. The highest BCUT2D eigenvalue weighted by Crippen LogP contribution is 2.10. The van der Waals surface area contributed by atoms with E-state index in [0.717, 1.165) is 44.8 Å². The summed E-state index contributed by atoms with van der Waals surface area (Å²) in [6.07, 6.45) is 0. The van der Waals surface area contributed by atoms with Gasteiger partial charge in [0.2, 0.25) is 0 Å². The summed E-state index contributed by atoms with van der Waals surface area (Å²) >= 11 is 0. The van der Waals surface area contributed by atoms with Gasteiger partial charge in [0, 0.05) is 38.3 Å². The number of amidine groups is 1. The lowest BCUT2D eigenvalue weighted by Gasteiger charge is -2.34. The Labute approximate surface area is 145 Å². The van der Waals surface area contributed by atoms with E-state index in [4.69, 9.17) is 11.1 Å². The maximum atomic E-state index is 7.46. The van der Waals surface area contributed by atoms with Gasteiger partial charge in [-0.15, -0.1) is 37.2 Å². The average Bonchev–Trinajstić information content (AvgIpc) is 2.40. The second-order valence-corrected chi connectivity index (χ2v) is 4.82. The Bertz CT molecular complexity index is 420. The van der Waals surface area contributed by atoms with Crippen LogP contribution in [0, 0.1) is 5.41 Å². The molecule has 1 fully saturated rings. The van der Waals surface area contributed by atoms with Gasteiger partial charge in [0.1, 0.15) is 5.84 Å². The summed E-state index contributed by atoms with van der Waals surface area (Å²) in [6, 6.07) is 8.00. The molecule has 1 aliphatic heterocycles. The predicted molar refractivity (Wildman–Crippen MR) is 96.6 cm³/mol. The van der Waals surface area contributed by atoms with Crippen molar-refractivity contribution in [1.82, 2.24) is 9.80 Å². The number of benzene rings is 1. The normalized spacial score (nSPS) is 15.3. The highest BCUT2D eigenvalue weighted by atomic mass is 35.5. The predicted octanol–water partition coefficient (Wildman–Crippen LogP) is 2.37. The third-order valence-electron chi connectivity index (χ3n) is 3.56. The standard InChI is InChI=1S/C14H22N4.3ClH/c1-2-17-6-8-18(9-7-17)11-12-4-3-5-13(10-12)14(15)16;;;/h3-5,10H,2,6-9,11H2,1H3,(H3,15,16);3*1H. The fourth-order valence-corrected chi connectivity index (χ4v) is 2.36. The van der Waals surface area contributed by atoms with Crippen molar-refractivity contribution in [2.75, 3.05) is 32.7 Å². The molecule has 1 saturated heterocycles. The van der Waals surface area contributed by atoms with Crippen molar-refractivity contribution in [2.45, 2.75) is 13.5 Å². The molecular weight excluding hydrogens is 331 g/mol. The molecular formula is C14H25Cl3N4. The summed E-state index contributed by atoms with van der Waals surface area (Å²) in [4.78, 5) is 4.94. The molecule has 0 spiro atoms. The van der Waals surface area contributed by atoms with E-state index >= 15 is 0 Å². The number of piperazine rings is 1. The van der Waals surface area contributed by atoms with Crippen LogP contribution in [0.5, 0.6) is 0 Å². The maximum Gasteiger partial charge on any atom is 0.122 e. The van der Waals surface area contributed by atoms with E-state index in [0.29, 0.717) is 0 Å². The first-order chi connectivity index (χ1) is 8.69. The molecule has 0 atom stereocenters. The van der Waals surface area contributed by atoms with Gasteiger partial charge in [-0.05, 0) is 18.2 Å². The van der Waals surface area contributed by atoms with Crippen molar-refractivity contribution in [1.29, 1.82) is 5.41 Å². The fourth-order valence-electron chi connectivity index (χ4n) is 2.36. The quantitative estimate of drug-likeness (QED) is 0.644. The summed E-state index contributed by atoms with van der Waals surface area (Å²) in [7, 11) is 0. The number of nitrogens with one attached hydrogen (secondary N) is 1. The molecule has 1 aromatic carbocycles. The Kier molecular flexibility index (Phi) is 12.0. The Morgan fingerprint density at radius 2 is 1.67 bits per heavy atom. The van der Waals surface area contributed by atoms with Gasteiger partial charge in [-0.1, -0.05) is 25.1 Å². The Morgan fingerprint density at radius 1 is 1.10 bits per heavy atom. The first-order valence-corrected chi connectivity index (χ1v) is 6.57. The number of rotatable bonds is 4. The summed E-state index contributed by atoms with van der Waals surface area (Å²) < 4.78 is 0. The number of hydrogen-bond donors (Lipinski definition) is 2. The van der Waals surface area contributed by atoms with Crippen LogP contribution in [-0.2, 0) is 6.54 Å². The van der Waals surface area contributed by atoms with Gasteiger partial charge in [0.25, 0.3) is 0 Å². The van der Waals surface area contributed by atoms with E-state index in [1.807, 2.05) is 18.2 Å². The molecule has 0 aliphatic carbocycles. The van der Waals surface area contributed by atoms with E-state index in [1.165, 1.54) is 5.56 Å². The van der Waals surface area contributed by atoms with Crippen molar-refractivity contribution in [3.8, 4) is 0 Å².